The highest BCUT2D eigenvalue weighted by Crippen LogP contribution is 2.12. The van der Waals surface area contributed by atoms with Crippen molar-refractivity contribution < 1.29 is 8.42 Å². The first-order valence-corrected chi connectivity index (χ1v) is 6.45. The van der Waals surface area contributed by atoms with Crippen LogP contribution in [0.1, 0.15) is 5.82 Å². The summed E-state index contributed by atoms with van der Waals surface area (Å²) in [5.41, 5.74) is 0. The summed E-state index contributed by atoms with van der Waals surface area (Å²) < 4.78 is 27.9. The van der Waals surface area contributed by atoms with Gasteiger partial charge in [0.05, 0.1) is 0 Å². The van der Waals surface area contributed by atoms with Crippen LogP contribution < -0.4 is 4.72 Å². The van der Waals surface area contributed by atoms with E-state index in [1.54, 1.807) is 6.92 Å². The van der Waals surface area contributed by atoms with Gasteiger partial charge in [-0.05, 0) is 6.92 Å². The molecular formula is C4H6BrN3O2S2. The van der Waals surface area contributed by atoms with Gasteiger partial charge in [-0.2, -0.15) is 4.37 Å². The van der Waals surface area contributed by atoms with Crippen LogP contribution in [-0.2, 0) is 10.0 Å². The van der Waals surface area contributed by atoms with Crippen molar-refractivity contribution in [3.63, 3.8) is 0 Å². The number of nitrogens with zero attached hydrogens (tertiary/aromatic N) is 2. The highest BCUT2D eigenvalue weighted by molar-refractivity contribution is 9.10. The topological polar surface area (TPSA) is 72.0 Å². The summed E-state index contributed by atoms with van der Waals surface area (Å²) in [6.07, 6.45) is 0. The lowest BCUT2D eigenvalue weighted by atomic mass is 10.8. The Morgan fingerprint density at radius 3 is 2.75 bits per heavy atom. The first kappa shape index (κ1) is 9.87. The second kappa shape index (κ2) is 3.67. The first-order chi connectivity index (χ1) is 5.53. The van der Waals surface area contributed by atoms with Gasteiger partial charge in [0.15, 0.2) is 0 Å². The van der Waals surface area contributed by atoms with Crippen LogP contribution in [0.4, 0.5) is 5.13 Å². The van der Waals surface area contributed by atoms with E-state index < -0.39 is 10.0 Å². The molecule has 0 fully saturated rings. The normalized spacial score (nSPS) is 11.5. The summed E-state index contributed by atoms with van der Waals surface area (Å²) in [4.78, 5) is 3.84. The minimum absolute atomic E-state index is 0.140. The smallest absolute Gasteiger partial charge is 0.244 e. The van der Waals surface area contributed by atoms with Gasteiger partial charge < -0.3 is 0 Å². The van der Waals surface area contributed by atoms with Crippen molar-refractivity contribution in [2.75, 3.05) is 9.38 Å². The van der Waals surface area contributed by atoms with Gasteiger partial charge in [-0.3, -0.25) is 4.72 Å². The molecular weight excluding hydrogens is 266 g/mol. The molecule has 1 N–H and O–H groups in total. The molecule has 1 aromatic heterocycles. The molecule has 5 nitrogen and oxygen atoms in total. The number of rotatable bonds is 3. The lowest BCUT2D eigenvalue weighted by molar-refractivity contribution is 0.606. The molecule has 1 heterocycles. The Labute approximate surface area is 82.6 Å². The Kier molecular flexibility index (Phi) is 3.02. The van der Waals surface area contributed by atoms with Crippen molar-refractivity contribution in [3.8, 4) is 0 Å². The van der Waals surface area contributed by atoms with Crippen LogP contribution in [0.3, 0.4) is 0 Å². The molecule has 0 saturated heterocycles. The molecule has 0 bridgehead atoms. The van der Waals surface area contributed by atoms with Crippen LogP contribution in [0, 0.1) is 6.92 Å². The fourth-order valence-electron chi connectivity index (χ4n) is 0.499. The number of alkyl halides is 1. The molecule has 1 aromatic rings. The van der Waals surface area contributed by atoms with Crippen molar-refractivity contribution in [2.24, 2.45) is 0 Å². The van der Waals surface area contributed by atoms with Gasteiger partial charge >= 0.3 is 0 Å². The van der Waals surface area contributed by atoms with Crippen molar-refractivity contribution in [1.82, 2.24) is 9.36 Å². The highest BCUT2D eigenvalue weighted by Gasteiger charge is 2.10. The van der Waals surface area contributed by atoms with Gasteiger partial charge in [-0.25, -0.2) is 13.4 Å². The predicted molar refractivity (Wildman–Crippen MR) is 51.0 cm³/mol. The predicted octanol–water partition coefficient (Wildman–Crippen LogP) is 0.941. The third kappa shape index (κ3) is 2.68. The Hall–Kier alpha value is -0.210. The van der Waals surface area contributed by atoms with E-state index in [0.717, 1.165) is 11.5 Å². The number of nitrogens with one attached hydrogen (secondary N) is 1. The molecule has 0 saturated carbocycles. The number of hydrogen-bond donors (Lipinski definition) is 1. The molecule has 0 aliphatic rings. The van der Waals surface area contributed by atoms with Crippen LogP contribution in [0.2, 0.25) is 0 Å². The molecule has 0 unspecified atom stereocenters. The minimum Gasteiger partial charge on any atom is -0.257 e. The van der Waals surface area contributed by atoms with Crippen LogP contribution in [0.15, 0.2) is 0 Å². The first-order valence-electron chi connectivity index (χ1n) is 2.90. The Morgan fingerprint density at radius 1 is 1.67 bits per heavy atom. The molecule has 0 amide bonds. The zero-order valence-electron chi connectivity index (χ0n) is 6.11. The van der Waals surface area contributed by atoms with Gasteiger partial charge in [0, 0.05) is 11.5 Å². The standard InChI is InChI=1S/C4H6BrN3O2S2/c1-3-6-4(11-7-3)8-12(9,10)2-5/h2H2,1H3,(H,6,7,8). The fourth-order valence-corrected chi connectivity index (χ4v) is 2.17. The van der Waals surface area contributed by atoms with Crippen LogP contribution in [0.5, 0.6) is 0 Å². The lowest BCUT2D eigenvalue weighted by Crippen LogP contribution is -2.12. The fraction of sp³-hybridized carbons (Fsp3) is 0.500. The molecule has 0 aromatic carbocycles. The monoisotopic (exact) mass is 271 g/mol. The van der Waals surface area contributed by atoms with E-state index in [4.69, 9.17) is 0 Å². The third-order valence-electron chi connectivity index (χ3n) is 0.914. The Balaban J connectivity index is 2.77. The van der Waals surface area contributed by atoms with E-state index in [1.807, 2.05) is 0 Å². The molecule has 68 valence electrons. The second-order valence-electron chi connectivity index (χ2n) is 1.97. The van der Waals surface area contributed by atoms with Gasteiger partial charge in [-0.1, -0.05) is 15.9 Å². The summed E-state index contributed by atoms with van der Waals surface area (Å²) in [7, 11) is -3.28. The van der Waals surface area contributed by atoms with Gasteiger partial charge in [0.1, 0.15) is 10.5 Å². The quantitative estimate of drug-likeness (QED) is 0.831. The highest BCUT2D eigenvalue weighted by atomic mass is 79.9. The maximum absolute atomic E-state index is 11.0. The maximum atomic E-state index is 11.0. The van der Waals surface area contributed by atoms with Gasteiger partial charge in [0.2, 0.25) is 15.2 Å². The second-order valence-corrected chi connectivity index (χ2v) is 5.75. The Bertz CT molecular complexity index is 360. The zero-order chi connectivity index (χ0) is 9.19. The van der Waals surface area contributed by atoms with Gasteiger partial charge in [0.25, 0.3) is 0 Å². The van der Waals surface area contributed by atoms with Crippen LogP contribution in [0.25, 0.3) is 0 Å². The molecule has 0 aliphatic heterocycles. The number of aryl methyl sites for hydroxylation is 1. The van der Waals surface area contributed by atoms with E-state index in [9.17, 15) is 8.42 Å². The average Bonchev–Trinajstić information content (AvgIpc) is 2.35. The molecule has 0 aliphatic carbocycles. The SMILES string of the molecule is Cc1nsc(NS(=O)(=O)CBr)n1. The number of halogens is 1. The van der Waals surface area contributed by atoms with Crippen molar-refractivity contribution in [2.45, 2.75) is 6.92 Å². The van der Waals surface area contributed by atoms with E-state index in [2.05, 4.69) is 30.0 Å². The van der Waals surface area contributed by atoms with E-state index in [1.165, 1.54) is 0 Å². The van der Waals surface area contributed by atoms with E-state index in [0.29, 0.717) is 11.0 Å². The summed E-state index contributed by atoms with van der Waals surface area (Å²) >= 11 is 3.86. The molecule has 8 heteroatoms. The molecule has 1 rings (SSSR count). The van der Waals surface area contributed by atoms with Crippen LogP contribution >= 0.6 is 27.5 Å². The van der Waals surface area contributed by atoms with Crippen LogP contribution in [-0.4, -0.2) is 22.4 Å². The maximum Gasteiger partial charge on any atom is 0.244 e. The number of aromatic nitrogens is 2. The molecule has 0 radical (unpaired) electrons. The van der Waals surface area contributed by atoms with Gasteiger partial charge in [-0.15, -0.1) is 0 Å². The van der Waals surface area contributed by atoms with E-state index >= 15 is 0 Å². The zero-order valence-corrected chi connectivity index (χ0v) is 9.33. The van der Waals surface area contributed by atoms with Crippen molar-refractivity contribution >= 4 is 42.6 Å². The molecule has 0 spiro atoms. The lowest BCUT2D eigenvalue weighted by Gasteiger charge is -1.97. The summed E-state index contributed by atoms with van der Waals surface area (Å²) in [5.74, 6) is 0.562. The molecule has 0 atom stereocenters. The number of anilines is 1. The number of hydrogen-bond acceptors (Lipinski definition) is 5. The van der Waals surface area contributed by atoms with Crippen molar-refractivity contribution in [3.05, 3.63) is 5.82 Å². The summed E-state index contributed by atoms with van der Waals surface area (Å²) in [5, 5.41) is 0.298. The molecule has 12 heavy (non-hydrogen) atoms. The summed E-state index contributed by atoms with van der Waals surface area (Å²) in [6, 6.07) is 0. The third-order valence-corrected chi connectivity index (χ3v) is 4.36. The largest absolute Gasteiger partial charge is 0.257 e. The Morgan fingerprint density at radius 2 is 2.33 bits per heavy atom. The summed E-state index contributed by atoms with van der Waals surface area (Å²) in [6.45, 7) is 1.70. The average molecular weight is 272 g/mol. The number of sulfonamides is 1. The van der Waals surface area contributed by atoms with E-state index in [-0.39, 0.29) is 4.66 Å². The minimum atomic E-state index is -3.28. The van der Waals surface area contributed by atoms with Crippen molar-refractivity contribution in [1.29, 1.82) is 0 Å².